The molecule has 5 aromatic carbocycles. The zero-order chi connectivity index (χ0) is 27.9. The van der Waals surface area contributed by atoms with Gasteiger partial charge in [-0.1, -0.05) is 133 Å². The molecule has 5 aromatic rings. The second-order valence-electron chi connectivity index (χ2n) is 10.7. The van der Waals surface area contributed by atoms with Crippen molar-refractivity contribution in [2.24, 2.45) is 0 Å². The summed E-state index contributed by atoms with van der Waals surface area (Å²) in [5.41, 5.74) is 12.7. The highest BCUT2D eigenvalue weighted by Gasteiger charge is 2.20. The SMILES string of the molecule is Cc1ccc(C=Cc2ccc(N(c3ccc(C=CC=Cc4ccccc4)cc3)c3cccc4c3CCC4)cc2)cc1. The van der Waals surface area contributed by atoms with Crippen LogP contribution < -0.4 is 4.90 Å². The van der Waals surface area contributed by atoms with Gasteiger partial charge in [-0.3, -0.25) is 0 Å². The van der Waals surface area contributed by atoms with Crippen molar-refractivity contribution in [1.29, 1.82) is 0 Å². The number of fused-ring (bicyclic) bond motifs is 1. The lowest BCUT2D eigenvalue weighted by atomic mass is 10.0. The minimum Gasteiger partial charge on any atom is -0.310 e. The van der Waals surface area contributed by atoms with E-state index in [0.717, 1.165) is 6.42 Å². The molecule has 0 radical (unpaired) electrons. The van der Waals surface area contributed by atoms with Crippen LogP contribution in [0.1, 0.15) is 45.4 Å². The molecule has 0 unspecified atom stereocenters. The summed E-state index contributed by atoms with van der Waals surface area (Å²) in [4.78, 5) is 2.42. The number of rotatable bonds is 8. The molecule has 0 heterocycles. The average Bonchev–Trinajstić information content (AvgIpc) is 3.51. The summed E-state index contributed by atoms with van der Waals surface area (Å²) >= 11 is 0. The van der Waals surface area contributed by atoms with Crippen LogP contribution in [0.25, 0.3) is 24.3 Å². The van der Waals surface area contributed by atoms with E-state index >= 15 is 0 Å². The summed E-state index contributed by atoms with van der Waals surface area (Å²) in [7, 11) is 0. The Morgan fingerprint density at radius 2 is 1.02 bits per heavy atom. The van der Waals surface area contributed by atoms with Gasteiger partial charge in [0.25, 0.3) is 0 Å². The van der Waals surface area contributed by atoms with Crippen molar-refractivity contribution in [3.8, 4) is 0 Å². The Bertz CT molecular complexity index is 1670. The number of hydrogen-bond acceptors (Lipinski definition) is 1. The summed E-state index contributed by atoms with van der Waals surface area (Å²) in [5, 5.41) is 0. The van der Waals surface area contributed by atoms with E-state index in [1.807, 2.05) is 6.07 Å². The van der Waals surface area contributed by atoms with E-state index in [2.05, 4.69) is 164 Å². The average molecular weight is 530 g/mol. The van der Waals surface area contributed by atoms with Crippen molar-refractivity contribution in [2.75, 3.05) is 4.90 Å². The maximum absolute atomic E-state index is 2.42. The molecule has 1 nitrogen and oxygen atoms in total. The van der Waals surface area contributed by atoms with Gasteiger partial charge in [-0.05, 0) is 89.9 Å². The van der Waals surface area contributed by atoms with Gasteiger partial charge in [0.05, 0.1) is 0 Å². The Hall–Kier alpha value is -4.88. The van der Waals surface area contributed by atoms with Crippen molar-refractivity contribution < 1.29 is 0 Å². The lowest BCUT2D eigenvalue weighted by Gasteiger charge is -2.28. The largest absolute Gasteiger partial charge is 0.310 e. The van der Waals surface area contributed by atoms with E-state index in [1.165, 1.54) is 68.8 Å². The maximum atomic E-state index is 2.42. The molecule has 41 heavy (non-hydrogen) atoms. The Kier molecular flexibility index (Phi) is 8.05. The molecule has 0 aliphatic heterocycles. The molecule has 6 rings (SSSR count). The van der Waals surface area contributed by atoms with Gasteiger partial charge in [0.2, 0.25) is 0 Å². The van der Waals surface area contributed by atoms with Crippen molar-refractivity contribution in [2.45, 2.75) is 26.2 Å². The van der Waals surface area contributed by atoms with Crippen LogP contribution in [0, 0.1) is 6.92 Å². The Balaban J connectivity index is 1.27. The standard InChI is InChI=1S/C40H35N/c1-31-17-19-34(20-18-31)21-22-35-25-29-38(30-26-35)41(40-16-8-14-36-13-7-15-39(36)40)37-27-23-33(24-28-37)12-6-5-11-32-9-3-2-4-10-32/h2-6,8-12,14,16-30H,7,13,15H2,1H3. The van der Waals surface area contributed by atoms with Crippen molar-refractivity contribution in [3.05, 3.63) is 172 Å². The van der Waals surface area contributed by atoms with Crippen molar-refractivity contribution in [3.63, 3.8) is 0 Å². The smallest absolute Gasteiger partial charge is 0.0496 e. The third kappa shape index (κ3) is 6.48. The van der Waals surface area contributed by atoms with Crippen LogP contribution in [0.2, 0.25) is 0 Å². The van der Waals surface area contributed by atoms with Crippen LogP contribution in [-0.4, -0.2) is 0 Å². The fourth-order valence-electron chi connectivity index (χ4n) is 5.47. The second-order valence-corrected chi connectivity index (χ2v) is 10.7. The summed E-state index contributed by atoms with van der Waals surface area (Å²) in [5.74, 6) is 0. The fraction of sp³-hybridized carbons (Fsp3) is 0.100. The topological polar surface area (TPSA) is 3.24 Å². The number of aryl methyl sites for hydroxylation is 2. The highest BCUT2D eigenvalue weighted by Crippen LogP contribution is 2.40. The van der Waals surface area contributed by atoms with Crippen molar-refractivity contribution >= 4 is 41.4 Å². The zero-order valence-corrected chi connectivity index (χ0v) is 23.6. The lowest BCUT2D eigenvalue weighted by Crippen LogP contribution is -2.12. The van der Waals surface area contributed by atoms with E-state index in [4.69, 9.17) is 0 Å². The van der Waals surface area contributed by atoms with Gasteiger partial charge in [0, 0.05) is 17.1 Å². The molecule has 1 heteroatoms. The number of benzene rings is 5. The minimum absolute atomic E-state index is 1.13. The first kappa shape index (κ1) is 26.3. The number of anilines is 3. The molecule has 0 aromatic heterocycles. The van der Waals surface area contributed by atoms with Gasteiger partial charge < -0.3 is 4.90 Å². The number of hydrogen-bond donors (Lipinski definition) is 0. The van der Waals surface area contributed by atoms with E-state index in [1.54, 1.807) is 0 Å². The normalized spacial score (nSPS) is 12.9. The molecule has 0 saturated carbocycles. The number of nitrogens with zero attached hydrogens (tertiary/aromatic N) is 1. The highest BCUT2D eigenvalue weighted by molar-refractivity contribution is 5.81. The summed E-state index contributed by atoms with van der Waals surface area (Å²) in [6, 6.07) is 43.6. The molecule has 0 fully saturated rings. The summed E-state index contributed by atoms with van der Waals surface area (Å²) in [6.07, 6.45) is 16.4. The molecule has 0 N–H and O–H groups in total. The molecule has 200 valence electrons. The van der Waals surface area contributed by atoms with Crippen LogP contribution in [0.5, 0.6) is 0 Å². The van der Waals surface area contributed by atoms with Gasteiger partial charge in [0.1, 0.15) is 0 Å². The minimum atomic E-state index is 1.13. The van der Waals surface area contributed by atoms with Crippen LogP contribution in [-0.2, 0) is 12.8 Å². The zero-order valence-electron chi connectivity index (χ0n) is 23.6. The molecule has 0 saturated heterocycles. The molecule has 1 aliphatic rings. The van der Waals surface area contributed by atoms with Gasteiger partial charge in [-0.2, -0.15) is 0 Å². The first-order valence-corrected chi connectivity index (χ1v) is 14.5. The fourth-order valence-corrected chi connectivity index (χ4v) is 5.47. The quantitative estimate of drug-likeness (QED) is 0.143. The van der Waals surface area contributed by atoms with Gasteiger partial charge in [-0.15, -0.1) is 0 Å². The van der Waals surface area contributed by atoms with Crippen molar-refractivity contribution in [1.82, 2.24) is 0 Å². The van der Waals surface area contributed by atoms with E-state index in [0.29, 0.717) is 0 Å². The molecular weight excluding hydrogens is 494 g/mol. The summed E-state index contributed by atoms with van der Waals surface area (Å²) in [6.45, 7) is 2.12. The van der Waals surface area contributed by atoms with E-state index < -0.39 is 0 Å². The Morgan fingerprint density at radius 3 is 1.63 bits per heavy atom. The third-order valence-corrected chi connectivity index (χ3v) is 7.70. The predicted octanol–water partition coefficient (Wildman–Crippen LogP) is 10.9. The maximum Gasteiger partial charge on any atom is 0.0496 e. The van der Waals surface area contributed by atoms with Crippen LogP contribution in [0.15, 0.2) is 133 Å². The van der Waals surface area contributed by atoms with Crippen LogP contribution in [0.3, 0.4) is 0 Å². The predicted molar refractivity (Wildman–Crippen MR) is 178 cm³/mol. The van der Waals surface area contributed by atoms with Gasteiger partial charge in [0.15, 0.2) is 0 Å². The van der Waals surface area contributed by atoms with E-state index in [9.17, 15) is 0 Å². The highest BCUT2D eigenvalue weighted by atomic mass is 15.1. The van der Waals surface area contributed by atoms with E-state index in [-0.39, 0.29) is 0 Å². The number of allylic oxidation sites excluding steroid dienone is 2. The summed E-state index contributed by atoms with van der Waals surface area (Å²) < 4.78 is 0. The second kappa shape index (κ2) is 12.5. The Labute approximate surface area is 244 Å². The molecular formula is C40H35N. The van der Waals surface area contributed by atoms with Gasteiger partial charge in [-0.25, -0.2) is 0 Å². The third-order valence-electron chi connectivity index (χ3n) is 7.70. The lowest BCUT2D eigenvalue weighted by molar-refractivity contribution is 0.911. The Morgan fingerprint density at radius 1 is 0.488 bits per heavy atom. The van der Waals surface area contributed by atoms with Crippen LogP contribution >= 0.6 is 0 Å². The monoisotopic (exact) mass is 529 g/mol. The molecule has 0 spiro atoms. The molecule has 1 aliphatic carbocycles. The molecule has 0 bridgehead atoms. The molecule has 0 amide bonds. The molecule has 0 atom stereocenters. The van der Waals surface area contributed by atoms with Crippen LogP contribution in [0.4, 0.5) is 17.1 Å². The van der Waals surface area contributed by atoms with Gasteiger partial charge >= 0.3 is 0 Å². The first-order chi connectivity index (χ1) is 20.2. The first-order valence-electron chi connectivity index (χ1n) is 14.5.